The quantitative estimate of drug-likeness (QED) is 0.800. The molecule has 2 rings (SSSR count). The van der Waals surface area contributed by atoms with Gasteiger partial charge in [0.1, 0.15) is 11.6 Å². The summed E-state index contributed by atoms with van der Waals surface area (Å²) in [5.74, 6) is 0.542. The van der Waals surface area contributed by atoms with Crippen LogP contribution < -0.4 is 10.1 Å². The van der Waals surface area contributed by atoms with Crippen LogP contribution in [0.5, 0.6) is 5.75 Å². The average Bonchev–Trinajstić information content (AvgIpc) is 2.60. The van der Waals surface area contributed by atoms with E-state index < -0.39 is 0 Å². The summed E-state index contributed by atoms with van der Waals surface area (Å²) in [6.45, 7) is 0.932. The Bertz CT molecular complexity index is 717. The molecule has 0 unspecified atom stereocenters. The number of nitrogens with one attached hydrogen (secondary N) is 1. The van der Waals surface area contributed by atoms with Gasteiger partial charge in [0.15, 0.2) is 0 Å². The summed E-state index contributed by atoms with van der Waals surface area (Å²) < 4.78 is 19.0. The van der Waals surface area contributed by atoms with Crippen molar-refractivity contribution in [1.82, 2.24) is 10.2 Å². The molecule has 0 spiro atoms. The molecule has 0 heterocycles. The number of halogens is 1. The molecular weight excluding hydrogens is 319 g/mol. The van der Waals surface area contributed by atoms with E-state index in [4.69, 9.17) is 4.74 Å². The van der Waals surface area contributed by atoms with Crippen LogP contribution in [0.15, 0.2) is 42.5 Å². The lowest BCUT2D eigenvalue weighted by Crippen LogP contribution is -2.23. The van der Waals surface area contributed by atoms with Crippen LogP contribution in [-0.4, -0.2) is 32.0 Å². The van der Waals surface area contributed by atoms with Crippen molar-refractivity contribution in [2.45, 2.75) is 25.9 Å². The Morgan fingerprint density at radius 1 is 1.16 bits per heavy atom. The van der Waals surface area contributed by atoms with E-state index in [1.807, 2.05) is 43.3 Å². The minimum atomic E-state index is -0.221. The average molecular weight is 344 g/mol. The van der Waals surface area contributed by atoms with Crippen LogP contribution in [0.4, 0.5) is 4.39 Å². The van der Waals surface area contributed by atoms with E-state index in [1.54, 1.807) is 19.2 Å². The molecule has 0 saturated carbocycles. The zero-order chi connectivity index (χ0) is 18.2. The minimum Gasteiger partial charge on any atom is -0.497 e. The lowest BCUT2D eigenvalue weighted by molar-refractivity contribution is -0.121. The third-order valence-corrected chi connectivity index (χ3v) is 3.86. The van der Waals surface area contributed by atoms with Crippen LogP contribution in [0, 0.1) is 5.82 Å². The van der Waals surface area contributed by atoms with Crippen molar-refractivity contribution in [3.05, 3.63) is 65.0 Å². The fourth-order valence-electron chi connectivity index (χ4n) is 2.57. The fourth-order valence-corrected chi connectivity index (χ4v) is 2.57. The molecule has 0 bridgehead atoms. The molecule has 134 valence electrons. The standard InChI is InChI=1S/C20H25FN2O2/c1-23(2)14-17-11-16(7-9-19(17)21)13-22-20(24)10-8-15-5-4-6-18(12-15)25-3/h4-7,9,11-12H,8,10,13-14H2,1-3H3,(H,22,24). The predicted octanol–water partition coefficient (Wildman–Crippen LogP) is 3.14. The molecule has 0 aliphatic carbocycles. The second-order valence-electron chi connectivity index (χ2n) is 6.29. The van der Waals surface area contributed by atoms with Gasteiger partial charge in [-0.2, -0.15) is 0 Å². The topological polar surface area (TPSA) is 41.6 Å². The minimum absolute atomic E-state index is 0.0266. The highest BCUT2D eigenvalue weighted by Crippen LogP contribution is 2.14. The Balaban J connectivity index is 1.85. The predicted molar refractivity (Wildman–Crippen MR) is 97.0 cm³/mol. The number of carbonyl (C=O) groups excluding carboxylic acids is 1. The summed E-state index contributed by atoms with van der Waals surface area (Å²) in [6.07, 6.45) is 1.05. The third kappa shape index (κ3) is 6.19. The molecule has 0 aliphatic rings. The molecule has 1 N–H and O–H groups in total. The van der Waals surface area contributed by atoms with Gasteiger partial charge in [-0.3, -0.25) is 4.79 Å². The Hall–Kier alpha value is -2.40. The Kier molecular flexibility index (Phi) is 6.95. The van der Waals surface area contributed by atoms with E-state index in [1.165, 1.54) is 6.07 Å². The molecule has 0 aromatic heterocycles. The molecule has 0 aliphatic heterocycles. The summed E-state index contributed by atoms with van der Waals surface area (Å²) in [4.78, 5) is 14.0. The van der Waals surface area contributed by atoms with Gasteiger partial charge in [0.05, 0.1) is 7.11 Å². The highest BCUT2D eigenvalue weighted by atomic mass is 19.1. The molecular formula is C20H25FN2O2. The number of hydrogen-bond acceptors (Lipinski definition) is 3. The first kappa shape index (κ1) is 18.9. The van der Waals surface area contributed by atoms with Crippen molar-refractivity contribution in [1.29, 1.82) is 0 Å². The van der Waals surface area contributed by atoms with Crippen LogP contribution >= 0.6 is 0 Å². The fraction of sp³-hybridized carbons (Fsp3) is 0.350. The summed E-state index contributed by atoms with van der Waals surface area (Å²) in [5, 5.41) is 2.89. The summed E-state index contributed by atoms with van der Waals surface area (Å²) >= 11 is 0. The van der Waals surface area contributed by atoms with E-state index in [-0.39, 0.29) is 11.7 Å². The van der Waals surface area contributed by atoms with Gasteiger partial charge in [0, 0.05) is 25.1 Å². The second kappa shape index (κ2) is 9.18. The van der Waals surface area contributed by atoms with Crippen molar-refractivity contribution in [2.24, 2.45) is 0 Å². The van der Waals surface area contributed by atoms with Crippen LogP contribution in [0.3, 0.4) is 0 Å². The highest BCUT2D eigenvalue weighted by Gasteiger charge is 2.07. The maximum atomic E-state index is 13.8. The van der Waals surface area contributed by atoms with Crippen LogP contribution in [0.25, 0.3) is 0 Å². The molecule has 2 aromatic rings. The number of ether oxygens (including phenoxy) is 1. The molecule has 0 fully saturated rings. The maximum Gasteiger partial charge on any atom is 0.220 e. The smallest absolute Gasteiger partial charge is 0.220 e. The molecule has 0 radical (unpaired) electrons. The lowest BCUT2D eigenvalue weighted by atomic mass is 10.1. The Morgan fingerprint density at radius 3 is 2.68 bits per heavy atom. The van der Waals surface area contributed by atoms with E-state index in [0.29, 0.717) is 31.5 Å². The number of carbonyl (C=O) groups is 1. The maximum absolute atomic E-state index is 13.8. The van der Waals surface area contributed by atoms with Gasteiger partial charge in [-0.25, -0.2) is 4.39 Å². The number of benzene rings is 2. The zero-order valence-electron chi connectivity index (χ0n) is 15.0. The second-order valence-corrected chi connectivity index (χ2v) is 6.29. The van der Waals surface area contributed by atoms with Crippen molar-refractivity contribution >= 4 is 5.91 Å². The largest absolute Gasteiger partial charge is 0.497 e. The Morgan fingerprint density at radius 2 is 1.96 bits per heavy atom. The van der Waals surface area contributed by atoms with E-state index >= 15 is 0 Å². The number of aryl methyl sites for hydroxylation is 1. The summed E-state index contributed by atoms with van der Waals surface area (Å²) in [7, 11) is 5.41. The van der Waals surface area contributed by atoms with Gasteiger partial charge >= 0.3 is 0 Å². The number of nitrogens with zero attached hydrogens (tertiary/aromatic N) is 1. The van der Waals surface area contributed by atoms with Gasteiger partial charge in [-0.1, -0.05) is 18.2 Å². The first-order valence-electron chi connectivity index (χ1n) is 8.29. The van der Waals surface area contributed by atoms with Crippen molar-refractivity contribution in [2.75, 3.05) is 21.2 Å². The lowest BCUT2D eigenvalue weighted by Gasteiger charge is -2.12. The van der Waals surface area contributed by atoms with Crippen molar-refractivity contribution in [3.63, 3.8) is 0 Å². The molecule has 2 aromatic carbocycles. The van der Waals surface area contributed by atoms with Gasteiger partial charge in [-0.15, -0.1) is 0 Å². The molecule has 0 atom stereocenters. The van der Waals surface area contributed by atoms with Gasteiger partial charge < -0.3 is 15.0 Å². The first-order chi connectivity index (χ1) is 12.0. The highest BCUT2D eigenvalue weighted by molar-refractivity contribution is 5.76. The molecule has 5 heteroatoms. The van der Waals surface area contributed by atoms with Gasteiger partial charge in [0.25, 0.3) is 0 Å². The number of rotatable bonds is 8. The molecule has 4 nitrogen and oxygen atoms in total. The first-order valence-corrected chi connectivity index (χ1v) is 8.29. The van der Waals surface area contributed by atoms with E-state index in [0.717, 1.165) is 16.9 Å². The Labute approximate surface area is 148 Å². The van der Waals surface area contributed by atoms with E-state index in [2.05, 4.69) is 5.32 Å². The monoisotopic (exact) mass is 344 g/mol. The third-order valence-electron chi connectivity index (χ3n) is 3.86. The molecule has 1 amide bonds. The zero-order valence-corrected chi connectivity index (χ0v) is 15.0. The molecule has 25 heavy (non-hydrogen) atoms. The van der Waals surface area contributed by atoms with Crippen LogP contribution in [0.1, 0.15) is 23.1 Å². The molecule has 0 saturated heterocycles. The summed E-state index contributed by atoms with van der Waals surface area (Å²) in [5.41, 5.74) is 2.59. The normalized spacial score (nSPS) is 10.8. The van der Waals surface area contributed by atoms with Gasteiger partial charge in [-0.05, 0) is 55.9 Å². The van der Waals surface area contributed by atoms with Crippen molar-refractivity contribution in [3.8, 4) is 5.75 Å². The van der Waals surface area contributed by atoms with Gasteiger partial charge in [0.2, 0.25) is 5.91 Å². The number of hydrogen-bond donors (Lipinski definition) is 1. The van der Waals surface area contributed by atoms with Crippen molar-refractivity contribution < 1.29 is 13.9 Å². The number of amides is 1. The summed E-state index contributed by atoms with van der Waals surface area (Å²) in [6, 6.07) is 12.7. The number of methoxy groups -OCH3 is 1. The van der Waals surface area contributed by atoms with Crippen LogP contribution in [-0.2, 0) is 24.3 Å². The van der Waals surface area contributed by atoms with E-state index in [9.17, 15) is 9.18 Å². The van der Waals surface area contributed by atoms with Crippen LogP contribution in [0.2, 0.25) is 0 Å². The SMILES string of the molecule is COc1cccc(CCC(=O)NCc2ccc(F)c(CN(C)C)c2)c1.